The highest BCUT2D eigenvalue weighted by Crippen LogP contribution is 2.50. The maximum atomic E-state index is 14.8. The van der Waals surface area contributed by atoms with Gasteiger partial charge in [-0.1, -0.05) is 59.8 Å². The summed E-state index contributed by atoms with van der Waals surface area (Å²) in [7, 11) is 1.00. The maximum Gasteiger partial charge on any atom is 0.315 e. The van der Waals surface area contributed by atoms with Gasteiger partial charge in [-0.05, 0) is 57.1 Å². The van der Waals surface area contributed by atoms with Gasteiger partial charge >= 0.3 is 11.8 Å². The van der Waals surface area contributed by atoms with Gasteiger partial charge in [0.1, 0.15) is 35.1 Å². The minimum Gasteiger partial charge on any atom is -0.507 e. The molecule has 0 aliphatic carbocycles. The molecule has 1 spiro atoms. The third-order valence-electron chi connectivity index (χ3n) is 15.5. The summed E-state index contributed by atoms with van der Waals surface area (Å²) in [5.74, 6) is -7.07. The minimum atomic E-state index is -1.95. The Kier molecular flexibility index (Phi) is 17.1. The van der Waals surface area contributed by atoms with Crippen LogP contribution in [0.25, 0.3) is 10.8 Å². The number of anilines is 1. The molecule has 3 aromatic rings. The van der Waals surface area contributed by atoms with E-state index < -0.39 is 83.3 Å². The van der Waals surface area contributed by atoms with E-state index in [1.54, 1.807) is 70.0 Å². The minimum absolute atomic E-state index is 0.0370. The molecule has 2 amide bonds. The number of hydrogen-bond acceptors (Lipinski definition) is 16. The molecule has 2 saturated heterocycles. The molecule has 2 aromatic carbocycles. The number of phenolic OH excluding ortho intramolecular Hbond substituents is 2. The fourth-order valence-electron chi connectivity index (χ4n) is 11.0. The zero-order valence-electron chi connectivity index (χ0n) is 44.4. The van der Waals surface area contributed by atoms with Crippen LogP contribution in [0, 0.1) is 36.5 Å². The molecule has 6 N–H and O–H groups in total. The molecule has 7 heterocycles. The fourth-order valence-corrected chi connectivity index (χ4v) is 11.0. The van der Waals surface area contributed by atoms with E-state index in [9.17, 15) is 39.6 Å². The fraction of sp³-hybridized carbons (Fsp3) is 0.582. The van der Waals surface area contributed by atoms with Crippen LogP contribution in [0.3, 0.4) is 0 Å². The molecule has 8 atom stereocenters. The summed E-state index contributed by atoms with van der Waals surface area (Å²) < 4.78 is 20.5. The van der Waals surface area contributed by atoms with Crippen LogP contribution in [-0.4, -0.2) is 138 Å². The van der Waals surface area contributed by atoms with Crippen LogP contribution < -0.4 is 20.8 Å². The number of likely N-dealkylation sites (tertiary alicyclic amines) is 2. The third-order valence-corrected chi connectivity index (χ3v) is 15.5. The number of nitrogens with one attached hydrogen (secondary N) is 1. The van der Waals surface area contributed by atoms with Crippen LogP contribution in [0.4, 0.5) is 5.69 Å². The summed E-state index contributed by atoms with van der Waals surface area (Å²) in [4.78, 5) is 70.4. The molecular weight excluding hydrogens is 951 g/mol. The molecule has 1 aromatic heterocycles. The van der Waals surface area contributed by atoms with Gasteiger partial charge in [0.25, 0.3) is 11.7 Å². The van der Waals surface area contributed by atoms with Gasteiger partial charge in [0.2, 0.25) is 5.91 Å². The number of aliphatic hydroxyl groups excluding tert-OH is 3. The lowest BCUT2D eigenvalue weighted by Crippen LogP contribution is -2.45. The number of rotatable bonds is 6. The predicted octanol–water partition coefficient (Wildman–Crippen LogP) is 5.16. The first-order valence-corrected chi connectivity index (χ1v) is 25.9. The van der Waals surface area contributed by atoms with Crippen molar-refractivity contribution in [3.05, 3.63) is 76.4 Å². The van der Waals surface area contributed by atoms with Crippen LogP contribution in [0.15, 0.2) is 64.6 Å². The van der Waals surface area contributed by atoms with Crippen LogP contribution >= 0.6 is 0 Å². The van der Waals surface area contributed by atoms with Gasteiger partial charge < -0.3 is 54.9 Å². The number of aromatic nitrogens is 2. The highest BCUT2D eigenvalue weighted by atomic mass is 16.7. The number of phenols is 2. The van der Waals surface area contributed by atoms with Crippen LogP contribution in [0.5, 0.6) is 17.2 Å². The molecule has 6 aliphatic heterocycles. The van der Waals surface area contributed by atoms with Gasteiger partial charge in [0.15, 0.2) is 11.4 Å². The number of ketones is 1. The van der Waals surface area contributed by atoms with E-state index in [0.29, 0.717) is 57.8 Å². The zero-order valence-corrected chi connectivity index (χ0v) is 44.4. The maximum absolute atomic E-state index is 14.8. The number of hydrogen-bond donors (Lipinski definition) is 6. The summed E-state index contributed by atoms with van der Waals surface area (Å²) in [5.41, 5.74) is -0.605. The molecule has 74 heavy (non-hydrogen) atoms. The number of ether oxygens (including phenoxy) is 3. The first-order chi connectivity index (χ1) is 35.1. The molecule has 5 bridgehead atoms. The van der Waals surface area contributed by atoms with E-state index in [2.05, 4.69) is 29.2 Å². The number of piperidine rings is 2. The lowest BCUT2D eigenvalue weighted by atomic mass is 9.79. The van der Waals surface area contributed by atoms with E-state index in [1.807, 2.05) is 23.9 Å². The van der Waals surface area contributed by atoms with Crippen molar-refractivity contribution in [2.45, 2.75) is 137 Å². The van der Waals surface area contributed by atoms with Crippen molar-refractivity contribution in [3.63, 3.8) is 0 Å². The van der Waals surface area contributed by atoms with E-state index in [4.69, 9.17) is 29.3 Å². The van der Waals surface area contributed by atoms with E-state index in [1.165, 1.54) is 13.2 Å². The van der Waals surface area contributed by atoms with Crippen molar-refractivity contribution >= 4 is 40.0 Å². The number of esters is 1. The van der Waals surface area contributed by atoms with Crippen LogP contribution in [0.2, 0.25) is 0 Å². The van der Waals surface area contributed by atoms with Crippen LogP contribution in [-0.2, 0) is 23.9 Å². The Morgan fingerprint density at radius 3 is 2.26 bits per heavy atom. The van der Waals surface area contributed by atoms with Crippen molar-refractivity contribution in [1.29, 1.82) is 0 Å². The van der Waals surface area contributed by atoms with E-state index >= 15 is 0 Å². The largest absolute Gasteiger partial charge is 0.507 e. The topological polar surface area (TPSA) is 258 Å². The quantitative estimate of drug-likeness (QED) is 0.106. The average Bonchev–Trinajstić information content (AvgIpc) is 4.12. The second-order valence-corrected chi connectivity index (χ2v) is 21.3. The molecule has 6 aliphatic rings. The summed E-state index contributed by atoms with van der Waals surface area (Å²) in [6.45, 7) is 19.2. The normalized spacial score (nSPS) is 29.2. The zero-order chi connectivity index (χ0) is 54.0. The number of allylic oxidation sites excluding steroid dienone is 3. The molecule has 0 saturated carbocycles. The molecular formula is C55H75N7O12. The van der Waals surface area contributed by atoms with Crippen molar-refractivity contribution in [1.82, 2.24) is 19.6 Å². The van der Waals surface area contributed by atoms with Crippen molar-refractivity contribution in [2.24, 2.45) is 39.6 Å². The number of nitrogens with zero attached hydrogens (tertiary/aromatic N) is 6. The molecule has 3 unspecified atom stereocenters. The SMILES string of the molecule is C/C1=C/C=C/C(C)[C@H](O)[C@@H](C)C(O)[C@@H](C)C(OC(=O)CC(=O)N2CCC(n3cccn3)CC2)[C@H](C)C/C=C/O[C@@]2(C)Oc3c(C)c(O)c4c(O)c(c5c(c4c3C2=O)=NC2(CCN(CC(C)C)CC2)N=5)NC1=O.CO. The van der Waals surface area contributed by atoms with Crippen molar-refractivity contribution < 1.29 is 58.9 Å². The molecule has 402 valence electrons. The van der Waals surface area contributed by atoms with E-state index in [0.717, 1.165) is 13.7 Å². The number of carbonyl (C=O) groups is 4. The second kappa shape index (κ2) is 22.8. The molecule has 9 rings (SSSR count). The Balaban J connectivity index is 0.00000395. The van der Waals surface area contributed by atoms with Gasteiger partial charge in [-0.15, -0.1) is 0 Å². The monoisotopic (exact) mass is 1030 g/mol. The molecule has 0 radical (unpaired) electrons. The Labute approximate surface area is 432 Å². The summed E-state index contributed by atoms with van der Waals surface area (Å²) in [5, 5.41) is 62.2. The first-order valence-electron chi connectivity index (χ1n) is 25.9. The Morgan fingerprint density at radius 1 is 0.932 bits per heavy atom. The van der Waals surface area contributed by atoms with Gasteiger partial charge in [-0.25, -0.2) is 0 Å². The van der Waals surface area contributed by atoms with Gasteiger partial charge in [-0.3, -0.25) is 33.8 Å². The lowest BCUT2D eigenvalue weighted by molar-refractivity contribution is -0.162. The van der Waals surface area contributed by atoms with Gasteiger partial charge in [0.05, 0.1) is 40.8 Å². The Hall–Kier alpha value is -6.15. The summed E-state index contributed by atoms with van der Waals surface area (Å²) in [6.07, 6.45) is 10.5. The molecule has 2 fully saturated rings. The van der Waals surface area contributed by atoms with Crippen molar-refractivity contribution in [3.8, 4) is 17.2 Å². The van der Waals surface area contributed by atoms with E-state index in [-0.39, 0.29) is 73.7 Å². The summed E-state index contributed by atoms with van der Waals surface area (Å²) >= 11 is 0. The lowest BCUT2D eigenvalue weighted by Gasteiger charge is -2.37. The molecule has 19 nitrogen and oxygen atoms in total. The molecule has 19 heteroatoms. The number of aliphatic hydroxyl groups is 3. The highest BCUT2D eigenvalue weighted by molar-refractivity contribution is 6.19. The first kappa shape index (κ1) is 55.6. The third kappa shape index (κ3) is 11.1. The standard InChI is InChI=1S/C54H71N7O11.CH4O/c1-29(2)28-59-24-18-54(19-25-59)57-42-39-40-47(66)35(8)50-41(39)51(68)53(9,72-50)70-26-11-15-31(4)49(71-38(63)27-37(62)60-22-16-36(17-23-60)61-21-12-20-55-61)34(7)46(65)33(6)45(64)30(3)13-10-14-32(5)52(69)56-44(48(40)67)43(42)58-54;1-2/h10-14,20-21,26,29-31,33-34,36,45-46,49,64-67H,15-19,22-25,27-28H2,1-9H3,(H,56,69);2H,1H3/b13-10+,26-11+,32-14-;/t30?,31-,33-,34-,45+,46?,49?,53+;/m1./s1. The average molecular weight is 1030 g/mol. The highest BCUT2D eigenvalue weighted by Gasteiger charge is 2.50. The number of fused-ring (bicyclic) bond motifs is 13. The Morgan fingerprint density at radius 2 is 1.61 bits per heavy atom. The second-order valence-electron chi connectivity index (χ2n) is 21.3. The van der Waals surface area contributed by atoms with Crippen molar-refractivity contribution in [2.75, 3.05) is 45.2 Å². The van der Waals surface area contributed by atoms with Gasteiger partial charge in [-0.2, -0.15) is 5.10 Å². The van der Waals surface area contributed by atoms with Gasteiger partial charge in [0, 0.05) is 106 Å². The summed E-state index contributed by atoms with van der Waals surface area (Å²) in [6, 6.07) is 2.02. The number of benzene rings is 2. The predicted molar refractivity (Wildman–Crippen MR) is 276 cm³/mol. The smallest absolute Gasteiger partial charge is 0.315 e. The van der Waals surface area contributed by atoms with Crippen LogP contribution in [0.1, 0.15) is 116 Å². The number of amides is 2. The Bertz CT molecular complexity index is 2810. The number of carbonyl (C=O) groups excluding carboxylic acids is 4. The number of aromatic hydroxyl groups is 2. The number of Topliss-reactive ketones (excluding diaryl/α,β-unsaturated/α-hetero) is 1.